The predicted molar refractivity (Wildman–Crippen MR) is 93.5 cm³/mol. The summed E-state index contributed by atoms with van der Waals surface area (Å²) in [5.41, 5.74) is 3.82. The standard InChI is InChI=1S/C19H19N3O/c1-13-6-5-11-20-17(13)12-21-19(23)22-18-14(2)9-10-15-7-3-4-8-16(15)18/h3-11H,12H2,1-2H3,(H2,21,22,23). The summed E-state index contributed by atoms with van der Waals surface area (Å²) < 4.78 is 0. The summed E-state index contributed by atoms with van der Waals surface area (Å²) in [4.78, 5) is 16.5. The molecule has 2 N–H and O–H groups in total. The highest BCUT2D eigenvalue weighted by Crippen LogP contribution is 2.26. The van der Waals surface area contributed by atoms with Gasteiger partial charge in [0.2, 0.25) is 0 Å². The van der Waals surface area contributed by atoms with Gasteiger partial charge in [-0.25, -0.2) is 4.79 Å². The molecule has 0 spiro atoms. The number of carbonyl (C=O) groups is 1. The fourth-order valence-electron chi connectivity index (χ4n) is 2.57. The molecule has 1 aromatic heterocycles. The van der Waals surface area contributed by atoms with Crippen molar-refractivity contribution in [2.45, 2.75) is 20.4 Å². The van der Waals surface area contributed by atoms with Gasteiger partial charge in [0.25, 0.3) is 0 Å². The smallest absolute Gasteiger partial charge is 0.319 e. The monoisotopic (exact) mass is 305 g/mol. The number of hydrogen-bond acceptors (Lipinski definition) is 2. The Bertz CT molecular complexity index is 858. The number of nitrogens with one attached hydrogen (secondary N) is 2. The summed E-state index contributed by atoms with van der Waals surface area (Å²) in [6.45, 7) is 4.38. The molecule has 0 saturated heterocycles. The molecule has 4 heteroatoms. The summed E-state index contributed by atoms with van der Waals surface area (Å²) in [6, 6.07) is 15.7. The zero-order valence-electron chi connectivity index (χ0n) is 13.3. The van der Waals surface area contributed by atoms with E-state index in [0.29, 0.717) is 6.54 Å². The summed E-state index contributed by atoms with van der Waals surface area (Å²) in [6.07, 6.45) is 1.73. The SMILES string of the molecule is Cc1cccnc1CNC(=O)Nc1c(C)ccc2ccccc12. The van der Waals surface area contributed by atoms with Gasteiger partial charge in [-0.1, -0.05) is 42.5 Å². The van der Waals surface area contributed by atoms with Gasteiger partial charge in [0.15, 0.2) is 0 Å². The van der Waals surface area contributed by atoms with E-state index in [1.807, 2.05) is 56.3 Å². The van der Waals surface area contributed by atoms with Crippen LogP contribution in [0.2, 0.25) is 0 Å². The molecule has 0 aliphatic carbocycles. The number of nitrogens with zero attached hydrogens (tertiary/aromatic N) is 1. The first-order valence-electron chi connectivity index (χ1n) is 7.59. The van der Waals surface area contributed by atoms with Crippen molar-refractivity contribution in [3.8, 4) is 0 Å². The van der Waals surface area contributed by atoms with E-state index in [9.17, 15) is 4.79 Å². The molecule has 0 fully saturated rings. The second kappa shape index (κ2) is 6.48. The summed E-state index contributed by atoms with van der Waals surface area (Å²) in [5, 5.41) is 7.98. The fraction of sp³-hybridized carbons (Fsp3) is 0.158. The van der Waals surface area contributed by atoms with Crippen LogP contribution in [0.1, 0.15) is 16.8 Å². The lowest BCUT2D eigenvalue weighted by Crippen LogP contribution is -2.29. The molecule has 0 radical (unpaired) electrons. The van der Waals surface area contributed by atoms with Crippen LogP contribution in [0.4, 0.5) is 10.5 Å². The maximum absolute atomic E-state index is 12.2. The Labute approximate surface area is 135 Å². The first-order valence-corrected chi connectivity index (χ1v) is 7.59. The van der Waals surface area contributed by atoms with Crippen molar-refractivity contribution in [1.82, 2.24) is 10.3 Å². The van der Waals surface area contributed by atoms with Crippen molar-refractivity contribution in [1.29, 1.82) is 0 Å². The van der Waals surface area contributed by atoms with E-state index in [0.717, 1.165) is 33.3 Å². The van der Waals surface area contributed by atoms with Crippen LogP contribution in [-0.4, -0.2) is 11.0 Å². The van der Waals surface area contributed by atoms with E-state index < -0.39 is 0 Å². The Morgan fingerprint density at radius 1 is 1.00 bits per heavy atom. The van der Waals surface area contributed by atoms with Crippen LogP contribution in [-0.2, 0) is 6.54 Å². The Balaban J connectivity index is 1.76. The minimum atomic E-state index is -0.227. The Morgan fingerprint density at radius 3 is 2.65 bits per heavy atom. The molecule has 3 rings (SSSR count). The number of pyridine rings is 1. The average molecular weight is 305 g/mol. The summed E-state index contributed by atoms with van der Waals surface area (Å²) in [5.74, 6) is 0. The third-order valence-electron chi connectivity index (χ3n) is 3.91. The van der Waals surface area contributed by atoms with Crippen LogP contribution in [0, 0.1) is 13.8 Å². The van der Waals surface area contributed by atoms with Crippen LogP contribution in [0.15, 0.2) is 54.7 Å². The van der Waals surface area contributed by atoms with Gasteiger partial charge in [-0.2, -0.15) is 0 Å². The minimum Gasteiger partial charge on any atom is -0.332 e. The van der Waals surface area contributed by atoms with Crippen molar-refractivity contribution in [3.63, 3.8) is 0 Å². The third-order valence-corrected chi connectivity index (χ3v) is 3.91. The molecular formula is C19H19N3O. The number of carbonyl (C=O) groups excluding carboxylic acids is 1. The first kappa shape index (κ1) is 15.0. The van der Waals surface area contributed by atoms with E-state index in [2.05, 4.69) is 21.7 Å². The lowest BCUT2D eigenvalue weighted by atomic mass is 10.0. The fourth-order valence-corrected chi connectivity index (χ4v) is 2.57. The third kappa shape index (κ3) is 3.31. The van der Waals surface area contributed by atoms with E-state index in [1.165, 1.54) is 0 Å². The minimum absolute atomic E-state index is 0.227. The molecule has 0 atom stereocenters. The molecule has 0 saturated carbocycles. The predicted octanol–water partition coefficient (Wildman–Crippen LogP) is 4.17. The van der Waals surface area contributed by atoms with Crippen molar-refractivity contribution in [2.24, 2.45) is 0 Å². The summed E-state index contributed by atoms with van der Waals surface area (Å²) >= 11 is 0. The highest BCUT2D eigenvalue weighted by atomic mass is 16.2. The summed E-state index contributed by atoms with van der Waals surface area (Å²) in [7, 11) is 0. The zero-order valence-corrected chi connectivity index (χ0v) is 13.3. The number of hydrogen-bond donors (Lipinski definition) is 2. The average Bonchev–Trinajstić information content (AvgIpc) is 2.57. The molecule has 0 aliphatic heterocycles. The molecule has 116 valence electrons. The number of benzene rings is 2. The first-order chi connectivity index (χ1) is 11.1. The van der Waals surface area contributed by atoms with Crippen LogP contribution in [0.25, 0.3) is 10.8 Å². The van der Waals surface area contributed by atoms with Gasteiger partial charge in [0.05, 0.1) is 17.9 Å². The van der Waals surface area contributed by atoms with Gasteiger partial charge in [0.1, 0.15) is 0 Å². The Kier molecular flexibility index (Phi) is 4.24. The van der Waals surface area contributed by atoms with Crippen molar-refractivity contribution < 1.29 is 4.79 Å². The Hall–Kier alpha value is -2.88. The van der Waals surface area contributed by atoms with Crippen molar-refractivity contribution in [3.05, 3.63) is 71.5 Å². The molecule has 2 amide bonds. The lowest BCUT2D eigenvalue weighted by Gasteiger charge is -2.13. The second-order valence-electron chi connectivity index (χ2n) is 5.55. The molecule has 3 aromatic rings. The maximum atomic E-state index is 12.2. The van der Waals surface area contributed by atoms with Gasteiger partial charge in [-0.15, -0.1) is 0 Å². The van der Waals surface area contributed by atoms with Gasteiger partial charge in [-0.3, -0.25) is 4.98 Å². The van der Waals surface area contributed by atoms with E-state index in [4.69, 9.17) is 0 Å². The number of fused-ring (bicyclic) bond motifs is 1. The number of rotatable bonds is 3. The van der Waals surface area contributed by atoms with Crippen LogP contribution < -0.4 is 10.6 Å². The van der Waals surface area contributed by atoms with Crippen LogP contribution in [0.5, 0.6) is 0 Å². The maximum Gasteiger partial charge on any atom is 0.319 e. The normalized spacial score (nSPS) is 10.5. The molecule has 0 unspecified atom stereocenters. The second-order valence-corrected chi connectivity index (χ2v) is 5.55. The van der Waals surface area contributed by atoms with Gasteiger partial charge < -0.3 is 10.6 Å². The molecule has 4 nitrogen and oxygen atoms in total. The van der Waals surface area contributed by atoms with Crippen LogP contribution in [0.3, 0.4) is 0 Å². The van der Waals surface area contributed by atoms with Gasteiger partial charge in [-0.05, 0) is 36.4 Å². The zero-order chi connectivity index (χ0) is 16.2. The van der Waals surface area contributed by atoms with Crippen molar-refractivity contribution in [2.75, 3.05) is 5.32 Å². The van der Waals surface area contributed by atoms with Crippen LogP contribution >= 0.6 is 0 Å². The topological polar surface area (TPSA) is 54.0 Å². The van der Waals surface area contributed by atoms with Crippen molar-refractivity contribution >= 4 is 22.5 Å². The molecule has 0 aliphatic rings. The number of urea groups is 1. The highest BCUT2D eigenvalue weighted by Gasteiger charge is 2.09. The molecule has 1 heterocycles. The van der Waals surface area contributed by atoms with E-state index in [1.54, 1.807) is 6.20 Å². The van der Waals surface area contributed by atoms with Gasteiger partial charge >= 0.3 is 6.03 Å². The lowest BCUT2D eigenvalue weighted by molar-refractivity contribution is 0.251. The van der Waals surface area contributed by atoms with E-state index >= 15 is 0 Å². The number of anilines is 1. The molecule has 2 aromatic carbocycles. The van der Waals surface area contributed by atoms with E-state index in [-0.39, 0.29) is 6.03 Å². The quantitative estimate of drug-likeness (QED) is 0.763. The largest absolute Gasteiger partial charge is 0.332 e. The van der Waals surface area contributed by atoms with Gasteiger partial charge in [0, 0.05) is 11.6 Å². The number of aromatic nitrogens is 1. The highest BCUT2D eigenvalue weighted by molar-refractivity contribution is 6.02. The number of aryl methyl sites for hydroxylation is 2. The Morgan fingerprint density at radius 2 is 1.83 bits per heavy atom. The number of amides is 2. The molecule has 23 heavy (non-hydrogen) atoms. The molecule has 0 bridgehead atoms. The molecular weight excluding hydrogens is 286 g/mol.